The average molecular weight is 395 g/mol. The number of carbonyl (C=O) groups is 1. The second-order valence-corrected chi connectivity index (χ2v) is 6.42. The highest BCUT2D eigenvalue weighted by atomic mass is 79.9. The maximum atomic E-state index is 12.8. The zero-order valence-corrected chi connectivity index (χ0v) is 14.8. The first-order chi connectivity index (χ1) is 10.9. The van der Waals surface area contributed by atoms with Gasteiger partial charge in [-0.2, -0.15) is 5.10 Å². The summed E-state index contributed by atoms with van der Waals surface area (Å²) in [5.41, 5.74) is 0.174. The SMILES string of the molecule is Cc1c(Br)c(C(F)F)nn1CC(=O)N[C@H](C)CN1CCOCC1. The molecule has 0 spiro atoms. The zero-order chi connectivity index (χ0) is 17.0. The lowest BCUT2D eigenvalue weighted by molar-refractivity contribution is -0.122. The maximum absolute atomic E-state index is 12.8. The molecule has 23 heavy (non-hydrogen) atoms. The number of ether oxygens (including phenoxy) is 1. The van der Waals surface area contributed by atoms with Crippen LogP contribution in [0.5, 0.6) is 0 Å². The predicted octanol–water partition coefficient (Wildman–Crippen LogP) is 1.73. The quantitative estimate of drug-likeness (QED) is 0.797. The van der Waals surface area contributed by atoms with Crippen molar-refractivity contribution in [1.82, 2.24) is 20.0 Å². The van der Waals surface area contributed by atoms with Crippen LogP contribution in [0.4, 0.5) is 8.78 Å². The number of morpholine rings is 1. The Hall–Kier alpha value is -1.06. The number of nitrogens with one attached hydrogen (secondary N) is 1. The van der Waals surface area contributed by atoms with Gasteiger partial charge in [-0.1, -0.05) is 0 Å². The highest BCUT2D eigenvalue weighted by molar-refractivity contribution is 9.10. The molecule has 0 radical (unpaired) electrons. The van der Waals surface area contributed by atoms with Crippen LogP contribution < -0.4 is 5.32 Å². The Kier molecular flexibility index (Phi) is 6.49. The summed E-state index contributed by atoms with van der Waals surface area (Å²) in [4.78, 5) is 14.3. The molecule has 2 rings (SSSR count). The van der Waals surface area contributed by atoms with Gasteiger partial charge in [0.2, 0.25) is 5.91 Å². The molecule has 1 N–H and O–H groups in total. The molecule has 2 heterocycles. The van der Waals surface area contributed by atoms with Crippen molar-refractivity contribution in [2.75, 3.05) is 32.8 Å². The topological polar surface area (TPSA) is 59.4 Å². The number of alkyl halides is 2. The van der Waals surface area contributed by atoms with Gasteiger partial charge in [-0.3, -0.25) is 14.4 Å². The molecule has 0 aromatic carbocycles. The van der Waals surface area contributed by atoms with Crippen LogP contribution in [0.3, 0.4) is 0 Å². The van der Waals surface area contributed by atoms with Crippen LogP contribution in [0.15, 0.2) is 4.47 Å². The number of hydrogen-bond donors (Lipinski definition) is 1. The number of amides is 1. The molecular formula is C14H21BrF2N4O2. The van der Waals surface area contributed by atoms with E-state index in [0.717, 1.165) is 19.6 Å². The second-order valence-electron chi connectivity index (χ2n) is 5.62. The van der Waals surface area contributed by atoms with Gasteiger partial charge in [0, 0.05) is 25.7 Å². The fraction of sp³-hybridized carbons (Fsp3) is 0.714. The molecule has 1 atom stereocenters. The molecule has 0 unspecified atom stereocenters. The Morgan fingerprint density at radius 3 is 2.65 bits per heavy atom. The van der Waals surface area contributed by atoms with E-state index in [4.69, 9.17) is 4.74 Å². The number of rotatable bonds is 6. The van der Waals surface area contributed by atoms with Crippen LogP contribution in [-0.2, 0) is 16.1 Å². The summed E-state index contributed by atoms with van der Waals surface area (Å²) in [5, 5.41) is 6.68. The van der Waals surface area contributed by atoms with Crippen molar-refractivity contribution >= 4 is 21.8 Å². The molecular weight excluding hydrogens is 374 g/mol. The molecule has 0 saturated carbocycles. The first kappa shape index (κ1) is 18.3. The van der Waals surface area contributed by atoms with E-state index in [9.17, 15) is 13.6 Å². The lowest BCUT2D eigenvalue weighted by Crippen LogP contribution is -2.46. The number of nitrogens with zero attached hydrogens (tertiary/aromatic N) is 3. The van der Waals surface area contributed by atoms with Crippen molar-refractivity contribution in [2.24, 2.45) is 0 Å². The largest absolute Gasteiger partial charge is 0.379 e. The molecule has 1 aliphatic rings. The molecule has 1 aliphatic heterocycles. The minimum atomic E-state index is -2.67. The third-order valence-electron chi connectivity index (χ3n) is 3.70. The van der Waals surface area contributed by atoms with Gasteiger partial charge in [-0.25, -0.2) is 8.78 Å². The summed E-state index contributed by atoms with van der Waals surface area (Å²) in [6, 6.07) is -0.0329. The summed E-state index contributed by atoms with van der Waals surface area (Å²) in [5.74, 6) is -0.246. The Balaban J connectivity index is 1.87. The van der Waals surface area contributed by atoms with Gasteiger partial charge in [0.05, 0.1) is 23.4 Å². The van der Waals surface area contributed by atoms with Crippen molar-refractivity contribution in [3.63, 3.8) is 0 Å². The Labute approximate surface area is 142 Å². The van der Waals surface area contributed by atoms with E-state index in [-0.39, 0.29) is 28.7 Å². The molecule has 1 aromatic heterocycles. The van der Waals surface area contributed by atoms with Crippen molar-refractivity contribution in [2.45, 2.75) is 32.9 Å². The lowest BCUT2D eigenvalue weighted by Gasteiger charge is -2.29. The molecule has 130 valence electrons. The predicted molar refractivity (Wildman–Crippen MR) is 84.5 cm³/mol. The van der Waals surface area contributed by atoms with Crippen LogP contribution in [0, 0.1) is 6.92 Å². The van der Waals surface area contributed by atoms with Gasteiger partial charge in [0.1, 0.15) is 12.2 Å². The van der Waals surface area contributed by atoms with Crippen molar-refractivity contribution < 1.29 is 18.3 Å². The Morgan fingerprint density at radius 2 is 2.09 bits per heavy atom. The van der Waals surface area contributed by atoms with E-state index in [0.29, 0.717) is 18.9 Å². The van der Waals surface area contributed by atoms with E-state index in [1.54, 1.807) is 6.92 Å². The van der Waals surface area contributed by atoms with Crippen molar-refractivity contribution in [1.29, 1.82) is 0 Å². The molecule has 0 aliphatic carbocycles. The van der Waals surface area contributed by atoms with Gasteiger partial charge in [0.25, 0.3) is 6.43 Å². The summed E-state index contributed by atoms with van der Waals surface area (Å²) in [6.07, 6.45) is -2.67. The van der Waals surface area contributed by atoms with E-state index in [2.05, 4.69) is 31.2 Å². The molecule has 1 aromatic rings. The minimum Gasteiger partial charge on any atom is -0.379 e. The monoisotopic (exact) mass is 394 g/mol. The van der Waals surface area contributed by atoms with E-state index >= 15 is 0 Å². The number of aromatic nitrogens is 2. The van der Waals surface area contributed by atoms with Crippen LogP contribution in [0.1, 0.15) is 24.7 Å². The van der Waals surface area contributed by atoms with Gasteiger partial charge in [-0.15, -0.1) is 0 Å². The van der Waals surface area contributed by atoms with E-state index < -0.39 is 6.43 Å². The standard InChI is InChI=1S/C14H21BrF2N4O2/c1-9(7-20-3-5-23-6-4-20)18-11(22)8-21-10(2)12(15)13(19-21)14(16)17/h9,14H,3-8H2,1-2H3,(H,18,22)/t9-/m1/s1. The summed E-state index contributed by atoms with van der Waals surface area (Å²) in [6.45, 7) is 7.34. The fourth-order valence-electron chi connectivity index (χ4n) is 2.51. The van der Waals surface area contributed by atoms with Crippen molar-refractivity contribution in [3.8, 4) is 0 Å². The lowest BCUT2D eigenvalue weighted by atomic mass is 10.3. The van der Waals surface area contributed by atoms with Crippen LogP contribution in [0.25, 0.3) is 0 Å². The molecule has 1 saturated heterocycles. The summed E-state index contributed by atoms with van der Waals surface area (Å²) in [7, 11) is 0. The smallest absolute Gasteiger partial charge is 0.283 e. The molecule has 1 amide bonds. The molecule has 6 nitrogen and oxygen atoms in total. The average Bonchev–Trinajstić information content (AvgIpc) is 2.76. The van der Waals surface area contributed by atoms with Crippen LogP contribution in [0.2, 0.25) is 0 Å². The summed E-state index contributed by atoms with van der Waals surface area (Å²) < 4.78 is 32.4. The first-order valence-corrected chi connectivity index (χ1v) is 8.28. The Morgan fingerprint density at radius 1 is 1.43 bits per heavy atom. The number of halogens is 3. The highest BCUT2D eigenvalue weighted by Gasteiger charge is 2.22. The zero-order valence-electron chi connectivity index (χ0n) is 13.2. The van der Waals surface area contributed by atoms with Gasteiger partial charge >= 0.3 is 0 Å². The molecule has 1 fully saturated rings. The molecule has 9 heteroatoms. The van der Waals surface area contributed by atoms with E-state index in [1.165, 1.54) is 4.68 Å². The normalized spacial score (nSPS) is 17.5. The molecule has 0 bridgehead atoms. The third-order valence-corrected chi connectivity index (χ3v) is 4.68. The Bertz CT molecular complexity index is 547. The van der Waals surface area contributed by atoms with Crippen LogP contribution in [-0.4, -0.2) is 59.5 Å². The second kappa shape index (κ2) is 8.16. The number of carbonyl (C=O) groups excluding carboxylic acids is 1. The fourth-order valence-corrected chi connectivity index (χ4v) is 2.97. The first-order valence-electron chi connectivity index (χ1n) is 7.49. The van der Waals surface area contributed by atoms with Crippen LogP contribution >= 0.6 is 15.9 Å². The summed E-state index contributed by atoms with van der Waals surface area (Å²) >= 11 is 3.09. The van der Waals surface area contributed by atoms with E-state index in [1.807, 2.05) is 6.92 Å². The van der Waals surface area contributed by atoms with Gasteiger partial charge in [-0.05, 0) is 29.8 Å². The third kappa shape index (κ3) is 4.95. The van der Waals surface area contributed by atoms with Gasteiger partial charge < -0.3 is 10.1 Å². The van der Waals surface area contributed by atoms with Gasteiger partial charge in [0.15, 0.2) is 0 Å². The number of hydrogen-bond acceptors (Lipinski definition) is 4. The maximum Gasteiger partial charge on any atom is 0.283 e. The highest BCUT2D eigenvalue weighted by Crippen LogP contribution is 2.28. The minimum absolute atomic E-state index is 0.0329. The van der Waals surface area contributed by atoms with Crippen molar-refractivity contribution in [3.05, 3.63) is 15.9 Å².